The summed E-state index contributed by atoms with van der Waals surface area (Å²) in [5.74, 6) is -0.378. The number of hydrogen-bond donors (Lipinski definition) is 1. The summed E-state index contributed by atoms with van der Waals surface area (Å²) in [5.41, 5.74) is 1.07. The minimum atomic E-state index is -0.378. The second-order valence-electron chi connectivity index (χ2n) is 4.19. The van der Waals surface area contributed by atoms with Crippen LogP contribution in [0.1, 0.15) is 24.8 Å². The first-order valence-corrected chi connectivity index (χ1v) is 5.83. The van der Waals surface area contributed by atoms with E-state index >= 15 is 0 Å². The summed E-state index contributed by atoms with van der Waals surface area (Å²) in [6.07, 6.45) is 2.95. The Hall–Kier alpha value is -1.60. The zero-order chi connectivity index (χ0) is 12.1. The number of nitrogens with one attached hydrogen (secondary N) is 1. The van der Waals surface area contributed by atoms with Crippen molar-refractivity contribution in [2.24, 2.45) is 0 Å². The van der Waals surface area contributed by atoms with E-state index in [9.17, 15) is 4.39 Å². The second kappa shape index (κ2) is 5.65. The molecule has 0 radical (unpaired) electrons. The number of hydrogen-bond acceptors (Lipinski definition) is 3. The maximum absolute atomic E-state index is 13.0. The molecule has 90 valence electrons. The van der Waals surface area contributed by atoms with Crippen molar-refractivity contribution >= 4 is 5.69 Å². The monoisotopic (exact) mass is 234 g/mol. The van der Waals surface area contributed by atoms with Gasteiger partial charge < -0.3 is 10.1 Å². The van der Waals surface area contributed by atoms with Crippen LogP contribution in [0.4, 0.5) is 10.1 Å². The normalized spacial score (nSPS) is 20.4. The molecule has 4 heteroatoms. The molecule has 1 saturated heterocycles. The van der Waals surface area contributed by atoms with Gasteiger partial charge in [-0.05, 0) is 37.5 Å². The largest absolute Gasteiger partial charge is 0.381 e. The Morgan fingerprint density at radius 1 is 1.35 bits per heavy atom. The van der Waals surface area contributed by atoms with Crippen LogP contribution in [-0.4, -0.2) is 19.3 Å². The molecule has 0 aliphatic carbocycles. The summed E-state index contributed by atoms with van der Waals surface area (Å²) < 4.78 is 18.4. The third kappa shape index (κ3) is 3.18. The zero-order valence-corrected chi connectivity index (χ0v) is 9.58. The number of benzene rings is 1. The molecule has 0 bridgehead atoms. The van der Waals surface area contributed by atoms with E-state index < -0.39 is 0 Å². The molecule has 1 aliphatic heterocycles. The highest BCUT2D eigenvalue weighted by Gasteiger charge is 2.13. The molecule has 17 heavy (non-hydrogen) atoms. The van der Waals surface area contributed by atoms with Crippen LogP contribution in [0.25, 0.3) is 0 Å². The Labute approximate surface area is 100 Å². The Morgan fingerprint density at radius 2 is 2.24 bits per heavy atom. The highest BCUT2D eigenvalue weighted by atomic mass is 19.1. The van der Waals surface area contributed by atoms with Crippen molar-refractivity contribution in [2.45, 2.75) is 25.3 Å². The Kier molecular flexibility index (Phi) is 3.94. The van der Waals surface area contributed by atoms with Gasteiger partial charge >= 0.3 is 0 Å². The SMILES string of the molecule is N#Cc1cc(F)ccc1NC1CCCOCC1. The molecule has 0 saturated carbocycles. The minimum absolute atomic E-state index is 0.301. The lowest BCUT2D eigenvalue weighted by atomic mass is 10.1. The van der Waals surface area contributed by atoms with Crippen LogP contribution in [0.15, 0.2) is 18.2 Å². The first-order valence-electron chi connectivity index (χ1n) is 5.83. The highest BCUT2D eigenvalue weighted by molar-refractivity contribution is 5.57. The summed E-state index contributed by atoms with van der Waals surface area (Å²) >= 11 is 0. The Balaban J connectivity index is 2.09. The van der Waals surface area contributed by atoms with E-state index in [1.54, 1.807) is 6.07 Å². The van der Waals surface area contributed by atoms with E-state index in [4.69, 9.17) is 10.00 Å². The van der Waals surface area contributed by atoms with Gasteiger partial charge in [0.2, 0.25) is 0 Å². The van der Waals surface area contributed by atoms with Crippen molar-refractivity contribution in [1.29, 1.82) is 5.26 Å². The van der Waals surface area contributed by atoms with E-state index in [1.807, 2.05) is 6.07 Å². The lowest BCUT2D eigenvalue weighted by Gasteiger charge is -2.17. The predicted molar refractivity (Wildman–Crippen MR) is 63.2 cm³/mol. The summed E-state index contributed by atoms with van der Waals surface area (Å²) in [5, 5.41) is 12.2. The van der Waals surface area contributed by atoms with Gasteiger partial charge in [0.25, 0.3) is 0 Å². The minimum Gasteiger partial charge on any atom is -0.381 e. The number of halogens is 1. The van der Waals surface area contributed by atoms with E-state index in [0.29, 0.717) is 17.3 Å². The fourth-order valence-electron chi connectivity index (χ4n) is 2.00. The molecule has 1 aromatic carbocycles. The zero-order valence-electron chi connectivity index (χ0n) is 9.58. The van der Waals surface area contributed by atoms with E-state index in [-0.39, 0.29) is 5.82 Å². The lowest BCUT2D eigenvalue weighted by Crippen LogP contribution is -2.20. The van der Waals surface area contributed by atoms with Gasteiger partial charge in [-0.1, -0.05) is 0 Å². The molecule has 3 nitrogen and oxygen atoms in total. The van der Waals surface area contributed by atoms with Crippen molar-refractivity contribution < 1.29 is 9.13 Å². The van der Waals surface area contributed by atoms with Crippen LogP contribution in [0, 0.1) is 17.1 Å². The smallest absolute Gasteiger partial charge is 0.124 e. The van der Waals surface area contributed by atoms with Gasteiger partial charge in [-0.15, -0.1) is 0 Å². The molecular formula is C13H15FN2O. The van der Waals surface area contributed by atoms with Crippen LogP contribution >= 0.6 is 0 Å². The summed E-state index contributed by atoms with van der Waals surface area (Å²) in [6, 6.07) is 6.56. The first kappa shape index (κ1) is 11.9. The third-order valence-corrected chi connectivity index (χ3v) is 2.91. The molecule has 0 amide bonds. The number of nitrogens with zero attached hydrogens (tertiary/aromatic N) is 1. The summed E-state index contributed by atoms with van der Waals surface area (Å²) in [4.78, 5) is 0. The average molecular weight is 234 g/mol. The van der Waals surface area contributed by atoms with Crippen molar-refractivity contribution in [3.05, 3.63) is 29.6 Å². The van der Waals surface area contributed by atoms with E-state index in [1.165, 1.54) is 12.1 Å². The van der Waals surface area contributed by atoms with Crippen molar-refractivity contribution in [3.8, 4) is 6.07 Å². The highest BCUT2D eigenvalue weighted by Crippen LogP contribution is 2.20. The first-order chi connectivity index (χ1) is 8.29. The Morgan fingerprint density at radius 3 is 3.06 bits per heavy atom. The van der Waals surface area contributed by atoms with Crippen LogP contribution < -0.4 is 5.32 Å². The predicted octanol–water partition coefficient (Wildman–Crippen LogP) is 2.68. The van der Waals surface area contributed by atoms with Crippen molar-refractivity contribution in [2.75, 3.05) is 18.5 Å². The molecule has 0 spiro atoms. The van der Waals surface area contributed by atoms with Gasteiger partial charge in [-0.25, -0.2) is 4.39 Å². The molecular weight excluding hydrogens is 219 g/mol. The number of nitriles is 1. The molecule has 0 aromatic heterocycles. The van der Waals surface area contributed by atoms with Crippen molar-refractivity contribution in [1.82, 2.24) is 0 Å². The van der Waals surface area contributed by atoms with Crippen LogP contribution in [0.3, 0.4) is 0 Å². The molecule has 1 aromatic rings. The van der Waals surface area contributed by atoms with E-state index in [0.717, 1.165) is 32.5 Å². The topological polar surface area (TPSA) is 45.0 Å². The fourth-order valence-corrected chi connectivity index (χ4v) is 2.00. The second-order valence-corrected chi connectivity index (χ2v) is 4.19. The molecule has 1 unspecified atom stereocenters. The Bertz CT molecular complexity index is 420. The van der Waals surface area contributed by atoms with Gasteiger partial charge in [0.1, 0.15) is 11.9 Å². The van der Waals surface area contributed by atoms with E-state index in [2.05, 4.69) is 5.32 Å². The molecule has 1 aliphatic rings. The summed E-state index contributed by atoms with van der Waals surface area (Å²) in [6.45, 7) is 1.54. The molecule has 1 heterocycles. The standard InChI is InChI=1S/C13H15FN2O/c14-11-3-4-13(10(8-11)9-15)16-12-2-1-6-17-7-5-12/h3-4,8,12,16H,1-2,5-7H2. The van der Waals surface area contributed by atoms with Crippen LogP contribution in [0.2, 0.25) is 0 Å². The number of rotatable bonds is 2. The lowest BCUT2D eigenvalue weighted by molar-refractivity contribution is 0.144. The van der Waals surface area contributed by atoms with Gasteiger partial charge in [0, 0.05) is 19.3 Å². The molecule has 1 fully saturated rings. The fraction of sp³-hybridized carbons (Fsp3) is 0.462. The number of ether oxygens (including phenoxy) is 1. The van der Waals surface area contributed by atoms with Gasteiger partial charge in [0.05, 0.1) is 11.3 Å². The maximum Gasteiger partial charge on any atom is 0.124 e. The quantitative estimate of drug-likeness (QED) is 0.855. The molecule has 2 rings (SSSR count). The van der Waals surface area contributed by atoms with Gasteiger partial charge in [0.15, 0.2) is 0 Å². The maximum atomic E-state index is 13.0. The third-order valence-electron chi connectivity index (χ3n) is 2.91. The van der Waals surface area contributed by atoms with Gasteiger partial charge in [-0.3, -0.25) is 0 Å². The summed E-state index contributed by atoms with van der Waals surface area (Å²) in [7, 11) is 0. The van der Waals surface area contributed by atoms with Gasteiger partial charge in [-0.2, -0.15) is 5.26 Å². The molecule has 1 atom stereocenters. The molecule has 1 N–H and O–H groups in total. The van der Waals surface area contributed by atoms with Crippen molar-refractivity contribution in [3.63, 3.8) is 0 Å². The van der Waals surface area contributed by atoms with Crippen LogP contribution in [-0.2, 0) is 4.74 Å². The average Bonchev–Trinajstić information content (AvgIpc) is 2.60. The van der Waals surface area contributed by atoms with Crippen LogP contribution in [0.5, 0.6) is 0 Å². The number of anilines is 1.